The van der Waals surface area contributed by atoms with Crippen molar-refractivity contribution < 1.29 is 4.74 Å². The molecule has 2 aromatic rings. The molecule has 0 aromatic heterocycles. The van der Waals surface area contributed by atoms with Crippen molar-refractivity contribution in [3.8, 4) is 5.75 Å². The number of guanidine groups is 1. The molecular weight excluding hydrogens is 276 g/mol. The van der Waals surface area contributed by atoms with Crippen molar-refractivity contribution in [3.63, 3.8) is 0 Å². The molecular formula is C17H20N4O. The van der Waals surface area contributed by atoms with Gasteiger partial charge in [0.15, 0.2) is 0 Å². The number of hydrogen-bond acceptors (Lipinski definition) is 3. The summed E-state index contributed by atoms with van der Waals surface area (Å²) in [5.74, 6) is 1.12. The number of ether oxygens (including phenoxy) is 1. The zero-order valence-corrected chi connectivity index (χ0v) is 12.6. The first-order valence-electron chi connectivity index (χ1n) is 7.05. The van der Waals surface area contributed by atoms with E-state index in [-0.39, 0.29) is 0 Å². The summed E-state index contributed by atoms with van der Waals surface area (Å²) in [5.41, 5.74) is 10.7. The molecule has 2 aromatic carbocycles. The number of rotatable bonds is 6. The summed E-state index contributed by atoms with van der Waals surface area (Å²) in [6.45, 7) is 0.626. The van der Waals surface area contributed by atoms with Crippen LogP contribution < -0.4 is 15.9 Å². The predicted molar refractivity (Wildman–Crippen MR) is 90.4 cm³/mol. The van der Waals surface area contributed by atoms with Crippen LogP contribution in [0.1, 0.15) is 11.1 Å². The molecule has 0 bridgehead atoms. The number of aliphatic imine (C=N–C) groups is 1. The molecule has 0 spiro atoms. The van der Waals surface area contributed by atoms with E-state index >= 15 is 0 Å². The molecule has 0 saturated heterocycles. The van der Waals surface area contributed by atoms with Gasteiger partial charge in [-0.3, -0.25) is 4.99 Å². The highest BCUT2D eigenvalue weighted by molar-refractivity contribution is 5.83. The highest BCUT2D eigenvalue weighted by Crippen LogP contribution is 2.09. The normalized spacial score (nSPS) is 11.6. The molecule has 0 amide bonds. The maximum absolute atomic E-state index is 5.75. The third-order valence-electron chi connectivity index (χ3n) is 3.03. The van der Waals surface area contributed by atoms with Crippen LogP contribution in [0, 0.1) is 0 Å². The van der Waals surface area contributed by atoms with E-state index in [1.54, 1.807) is 13.3 Å². The number of hydrogen-bond donors (Lipinski definition) is 2. The quantitative estimate of drug-likeness (QED) is 0.487. The third kappa shape index (κ3) is 5.28. The average Bonchev–Trinajstić information content (AvgIpc) is 2.56. The van der Waals surface area contributed by atoms with Gasteiger partial charge in [0.05, 0.1) is 13.3 Å². The molecule has 0 aliphatic heterocycles. The lowest BCUT2D eigenvalue weighted by Crippen LogP contribution is -2.27. The van der Waals surface area contributed by atoms with Gasteiger partial charge in [-0.2, -0.15) is 5.10 Å². The minimum atomic E-state index is 0.306. The largest absolute Gasteiger partial charge is 0.497 e. The molecule has 0 atom stereocenters. The Bertz CT molecular complexity index is 621. The molecule has 3 N–H and O–H groups in total. The second-order valence-electron chi connectivity index (χ2n) is 4.65. The molecule has 0 aliphatic rings. The van der Waals surface area contributed by atoms with E-state index in [0.29, 0.717) is 12.5 Å². The molecule has 0 saturated carbocycles. The third-order valence-corrected chi connectivity index (χ3v) is 3.03. The summed E-state index contributed by atoms with van der Waals surface area (Å²) in [6.07, 6.45) is 2.53. The van der Waals surface area contributed by atoms with E-state index in [1.807, 2.05) is 42.5 Å². The van der Waals surface area contributed by atoms with E-state index in [1.165, 1.54) is 5.56 Å². The first-order valence-corrected chi connectivity index (χ1v) is 7.05. The van der Waals surface area contributed by atoms with Gasteiger partial charge < -0.3 is 10.5 Å². The highest BCUT2D eigenvalue weighted by Gasteiger charge is 1.93. The van der Waals surface area contributed by atoms with E-state index in [9.17, 15) is 0 Å². The van der Waals surface area contributed by atoms with Crippen molar-refractivity contribution in [3.05, 3.63) is 65.7 Å². The Morgan fingerprint density at radius 2 is 1.86 bits per heavy atom. The summed E-state index contributed by atoms with van der Waals surface area (Å²) in [4.78, 5) is 4.23. The number of benzene rings is 2. The lowest BCUT2D eigenvalue weighted by Gasteiger charge is -2.01. The van der Waals surface area contributed by atoms with Crippen LogP contribution in [0.4, 0.5) is 0 Å². The zero-order chi connectivity index (χ0) is 15.6. The molecule has 0 fully saturated rings. The lowest BCUT2D eigenvalue weighted by molar-refractivity contribution is 0.415. The molecule has 5 heteroatoms. The molecule has 2 rings (SSSR count). The van der Waals surface area contributed by atoms with Crippen molar-refractivity contribution in [2.24, 2.45) is 15.8 Å². The van der Waals surface area contributed by atoms with Gasteiger partial charge in [0.2, 0.25) is 5.96 Å². The molecule has 0 radical (unpaired) electrons. The Morgan fingerprint density at radius 3 is 2.55 bits per heavy atom. The number of hydrazone groups is 1. The van der Waals surface area contributed by atoms with Gasteiger partial charge in [-0.1, -0.05) is 30.3 Å². The Balaban J connectivity index is 1.77. The topological polar surface area (TPSA) is 72.0 Å². The van der Waals surface area contributed by atoms with Gasteiger partial charge in [-0.05, 0) is 41.8 Å². The van der Waals surface area contributed by atoms with Gasteiger partial charge in [0, 0.05) is 6.54 Å². The van der Waals surface area contributed by atoms with Crippen molar-refractivity contribution in [1.29, 1.82) is 0 Å². The summed E-state index contributed by atoms with van der Waals surface area (Å²) in [7, 11) is 1.64. The van der Waals surface area contributed by atoms with E-state index in [0.717, 1.165) is 17.7 Å². The fourth-order valence-corrected chi connectivity index (χ4v) is 1.85. The molecule has 5 nitrogen and oxygen atoms in total. The Hall–Kier alpha value is -2.82. The maximum atomic E-state index is 5.75. The van der Waals surface area contributed by atoms with Crippen LogP contribution in [-0.2, 0) is 6.42 Å². The Kier molecular flexibility index (Phi) is 5.99. The highest BCUT2D eigenvalue weighted by atomic mass is 16.5. The van der Waals surface area contributed by atoms with Crippen LogP contribution in [0.2, 0.25) is 0 Å². The number of nitrogens with one attached hydrogen (secondary N) is 1. The van der Waals surface area contributed by atoms with Gasteiger partial charge >= 0.3 is 0 Å². The van der Waals surface area contributed by atoms with Gasteiger partial charge in [-0.15, -0.1) is 0 Å². The average molecular weight is 296 g/mol. The van der Waals surface area contributed by atoms with Crippen molar-refractivity contribution in [1.82, 2.24) is 5.43 Å². The van der Waals surface area contributed by atoms with Crippen LogP contribution in [0.3, 0.4) is 0 Å². The summed E-state index contributed by atoms with van der Waals surface area (Å²) >= 11 is 0. The van der Waals surface area contributed by atoms with Crippen LogP contribution >= 0.6 is 0 Å². The van der Waals surface area contributed by atoms with E-state index in [2.05, 4.69) is 27.7 Å². The summed E-state index contributed by atoms with van der Waals surface area (Å²) in [6, 6.07) is 17.7. The Labute approximate surface area is 130 Å². The molecule has 0 heterocycles. The fraction of sp³-hybridized carbons (Fsp3) is 0.176. The first-order chi connectivity index (χ1) is 10.8. The molecule has 0 unspecified atom stereocenters. The van der Waals surface area contributed by atoms with Gasteiger partial charge in [0.25, 0.3) is 0 Å². The molecule has 114 valence electrons. The lowest BCUT2D eigenvalue weighted by atomic mass is 10.2. The number of methoxy groups -OCH3 is 1. The minimum Gasteiger partial charge on any atom is -0.497 e. The van der Waals surface area contributed by atoms with Gasteiger partial charge in [-0.25, -0.2) is 5.43 Å². The first kappa shape index (κ1) is 15.6. The zero-order valence-electron chi connectivity index (χ0n) is 12.6. The second-order valence-corrected chi connectivity index (χ2v) is 4.65. The Morgan fingerprint density at radius 1 is 1.14 bits per heavy atom. The van der Waals surface area contributed by atoms with Crippen molar-refractivity contribution >= 4 is 12.2 Å². The molecule has 22 heavy (non-hydrogen) atoms. The van der Waals surface area contributed by atoms with Crippen molar-refractivity contribution in [2.45, 2.75) is 6.42 Å². The smallest absolute Gasteiger partial charge is 0.209 e. The van der Waals surface area contributed by atoms with Crippen molar-refractivity contribution in [2.75, 3.05) is 13.7 Å². The fourth-order valence-electron chi connectivity index (χ4n) is 1.85. The molecule has 0 aliphatic carbocycles. The number of nitrogens with two attached hydrogens (primary N) is 1. The monoisotopic (exact) mass is 296 g/mol. The predicted octanol–water partition coefficient (Wildman–Crippen LogP) is 2.18. The maximum Gasteiger partial charge on any atom is 0.209 e. The number of nitrogens with zero attached hydrogens (tertiary/aromatic N) is 2. The van der Waals surface area contributed by atoms with Crippen LogP contribution in [0.15, 0.2) is 64.7 Å². The summed E-state index contributed by atoms with van der Waals surface area (Å²) in [5, 5.41) is 4.05. The van der Waals surface area contributed by atoms with Crippen LogP contribution in [-0.4, -0.2) is 25.8 Å². The SMILES string of the molecule is COc1ccc(/C=N/NC(N)=NCCc2ccccc2)cc1. The van der Waals surface area contributed by atoms with Crippen LogP contribution in [0.25, 0.3) is 0 Å². The van der Waals surface area contributed by atoms with E-state index < -0.39 is 0 Å². The summed E-state index contributed by atoms with van der Waals surface area (Å²) < 4.78 is 5.09. The van der Waals surface area contributed by atoms with Gasteiger partial charge in [0.1, 0.15) is 5.75 Å². The van der Waals surface area contributed by atoms with E-state index in [4.69, 9.17) is 10.5 Å². The second kappa shape index (κ2) is 8.46. The standard InChI is InChI=1S/C17H20N4O/c1-22-16-9-7-15(8-10-16)13-20-21-17(18)19-12-11-14-5-3-2-4-6-14/h2-10,13H,11-12H2,1H3,(H3,18,19,21)/b20-13+. The minimum absolute atomic E-state index is 0.306. The van der Waals surface area contributed by atoms with Crippen LogP contribution in [0.5, 0.6) is 5.75 Å².